The third kappa shape index (κ3) is 4.08. The maximum atomic E-state index is 3.50. The molecule has 1 rings (SSSR count). The van der Waals surface area contributed by atoms with Gasteiger partial charge in [-0.1, -0.05) is 46.5 Å². The third-order valence-electron chi connectivity index (χ3n) is 4.50. The van der Waals surface area contributed by atoms with Crippen LogP contribution in [0.1, 0.15) is 72.1 Å². The summed E-state index contributed by atoms with van der Waals surface area (Å²) in [7, 11) is 0. The van der Waals surface area contributed by atoms with Gasteiger partial charge in [0.05, 0.1) is 0 Å². The van der Waals surface area contributed by atoms with Crippen LogP contribution in [0.2, 0.25) is 0 Å². The van der Waals surface area contributed by atoms with Crippen molar-refractivity contribution in [3.8, 4) is 0 Å². The molecule has 1 atom stereocenters. The second kappa shape index (κ2) is 7.32. The Balaban J connectivity index is 2.47. The predicted molar refractivity (Wildman–Crippen MR) is 72.8 cm³/mol. The zero-order valence-corrected chi connectivity index (χ0v) is 11.6. The first kappa shape index (κ1) is 14.0. The van der Waals surface area contributed by atoms with Crippen molar-refractivity contribution in [3.63, 3.8) is 0 Å². The molecule has 1 heterocycles. The molecule has 1 N–H and O–H groups in total. The molecule has 1 aliphatic rings. The Labute approximate surface area is 102 Å². The summed E-state index contributed by atoms with van der Waals surface area (Å²) in [6.07, 6.45) is 11.3. The second-order valence-electron chi connectivity index (χ2n) is 5.89. The lowest BCUT2D eigenvalue weighted by Gasteiger charge is -2.40. The van der Waals surface area contributed by atoms with Crippen molar-refractivity contribution in [3.05, 3.63) is 0 Å². The fourth-order valence-corrected chi connectivity index (χ4v) is 3.40. The lowest BCUT2D eigenvalue weighted by atomic mass is 9.67. The van der Waals surface area contributed by atoms with E-state index < -0.39 is 0 Å². The molecule has 0 aliphatic carbocycles. The number of nitrogens with one attached hydrogen (secondary N) is 1. The molecule has 0 saturated carbocycles. The van der Waals surface area contributed by atoms with Crippen LogP contribution in [0.3, 0.4) is 0 Å². The van der Waals surface area contributed by atoms with Crippen molar-refractivity contribution in [2.75, 3.05) is 13.1 Å². The Bertz CT molecular complexity index is 172. The van der Waals surface area contributed by atoms with Crippen LogP contribution in [0.4, 0.5) is 0 Å². The number of hydrogen-bond donors (Lipinski definition) is 1. The van der Waals surface area contributed by atoms with E-state index in [0.717, 1.165) is 5.92 Å². The highest BCUT2D eigenvalue weighted by molar-refractivity contribution is 4.85. The lowest BCUT2D eigenvalue weighted by Crippen LogP contribution is -2.37. The summed E-state index contributed by atoms with van der Waals surface area (Å²) in [5.41, 5.74) is 0.631. The Kier molecular flexibility index (Phi) is 6.41. The minimum atomic E-state index is 0.631. The third-order valence-corrected chi connectivity index (χ3v) is 4.50. The highest BCUT2D eigenvalue weighted by Gasteiger charge is 2.33. The van der Waals surface area contributed by atoms with Gasteiger partial charge in [-0.05, 0) is 50.1 Å². The molecular weight excluding hydrogens is 194 g/mol. The first-order valence-electron chi connectivity index (χ1n) is 7.43. The molecule has 0 bridgehead atoms. The van der Waals surface area contributed by atoms with Crippen LogP contribution in [0, 0.1) is 11.3 Å². The standard InChI is InChI=1S/C15H31N/c1-4-6-7-11-15(3,10-5-2)14-8-12-16-13-9-14/h14,16H,4-13H2,1-3H3. The molecular formula is C15H31N. The molecule has 96 valence electrons. The zero-order chi connectivity index (χ0) is 11.9. The Morgan fingerprint density at radius 1 is 1.00 bits per heavy atom. The first-order chi connectivity index (χ1) is 7.73. The van der Waals surface area contributed by atoms with Gasteiger partial charge in [0.25, 0.3) is 0 Å². The molecule has 16 heavy (non-hydrogen) atoms. The summed E-state index contributed by atoms with van der Waals surface area (Å²) in [5, 5.41) is 3.50. The summed E-state index contributed by atoms with van der Waals surface area (Å²) < 4.78 is 0. The quantitative estimate of drug-likeness (QED) is 0.634. The smallest absolute Gasteiger partial charge is 0.00461 e. The van der Waals surface area contributed by atoms with Gasteiger partial charge in [-0.3, -0.25) is 0 Å². The topological polar surface area (TPSA) is 12.0 Å². The summed E-state index contributed by atoms with van der Waals surface area (Å²) in [6, 6.07) is 0. The largest absolute Gasteiger partial charge is 0.317 e. The van der Waals surface area contributed by atoms with E-state index in [-0.39, 0.29) is 0 Å². The van der Waals surface area contributed by atoms with Crippen molar-refractivity contribution in [2.24, 2.45) is 11.3 Å². The van der Waals surface area contributed by atoms with Crippen molar-refractivity contribution in [2.45, 2.75) is 72.1 Å². The van der Waals surface area contributed by atoms with Crippen LogP contribution in [0.5, 0.6) is 0 Å². The van der Waals surface area contributed by atoms with Gasteiger partial charge >= 0.3 is 0 Å². The maximum Gasteiger partial charge on any atom is -0.00461 e. The van der Waals surface area contributed by atoms with Crippen molar-refractivity contribution < 1.29 is 0 Å². The number of unbranched alkanes of at least 4 members (excludes halogenated alkanes) is 2. The molecule has 1 unspecified atom stereocenters. The maximum absolute atomic E-state index is 3.50. The van der Waals surface area contributed by atoms with Gasteiger partial charge < -0.3 is 5.32 Å². The molecule has 1 aliphatic heterocycles. The van der Waals surface area contributed by atoms with Gasteiger partial charge in [0.1, 0.15) is 0 Å². The highest BCUT2D eigenvalue weighted by Crippen LogP contribution is 2.42. The van der Waals surface area contributed by atoms with Gasteiger partial charge in [-0.2, -0.15) is 0 Å². The fraction of sp³-hybridized carbons (Fsp3) is 1.00. The van der Waals surface area contributed by atoms with Crippen molar-refractivity contribution in [1.29, 1.82) is 0 Å². The summed E-state index contributed by atoms with van der Waals surface area (Å²) in [6.45, 7) is 9.71. The van der Waals surface area contributed by atoms with Crippen LogP contribution in [0.15, 0.2) is 0 Å². The Morgan fingerprint density at radius 3 is 2.25 bits per heavy atom. The molecule has 0 amide bonds. The molecule has 0 aromatic heterocycles. The lowest BCUT2D eigenvalue weighted by molar-refractivity contribution is 0.114. The van der Waals surface area contributed by atoms with Gasteiger partial charge in [0.2, 0.25) is 0 Å². The van der Waals surface area contributed by atoms with Crippen LogP contribution in [0.25, 0.3) is 0 Å². The van der Waals surface area contributed by atoms with E-state index in [9.17, 15) is 0 Å². The van der Waals surface area contributed by atoms with Gasteiger partial charge in [0.15, 0.2) is 0 Å². The highest BCUT2D eigenvalue weighted by atomic mass is 14.9. The SMILES string of the molecule is CCCCCC(C)(CCC)C1CCNCC1. The van der Waals surface area contributed by atoms with Crippen LogP contribution >= 0.6 is 0 Å². The number of piperidine rings is 1. The van der Waals surface area contributed by atoms with E-state index in [0.29, 0.717) is 5.41 Å². The normalized spacial score (nSPS) is 21.9. The zero-order valence-electron chi connectivity index (χ0n) is 11.6. The Morgan fingerprint density at radius 2 is 1.69 bits per heavy atom. The van der Waals surface area contributed by atoms with E-state index in [4.69, 9.17) is 0 Å². The average Bonchev–Trinajstić information content (AvgIpc) is 2.31. The second-order valence-corrected chi connectivity index (χ2v) is 5.89. The predicted octanol–water partition coefficient (Wildman–Crippen LogP) is 4.37. The summed E-state index contributed by atoms with van der Waals surface area (Å²) >= 11 is 0. The van der Waals surface area contributed by atoms with Gasteiger partial charge in [0, 0.05) is 0 Å². The van der Waals surface area contributed by atoms with Crippen LogP contribution in [-0.4, -0.2) is 13.1 Å². The average molecular weight is 225 g/mol. The molecule has 0 aromatic rings. The first-order valence-corrected chi connectivity index (χ1v) is 7.43. The number of rotatable bonds is 7. The molecule has 0 aromatic carbocycles. The van der Waals surface area contributed by atoms with Gasteiger partial charge in [-0.15, -0.1) is 0 Å². The Hall–Kier alpha value is -0.0400. The fourth-order valence-electron chi connectivity index (χ4n) is 3.40. The van der Waals surface area contributed by atoms with Gasteiger partial charge in [-0.25, -0.2) is 0 Å². The summed E-state index contributed by atoms with van der Waals surface area (Å²) in [4.78, 5) is 0. The van der Waals surface area contributed by atoms with E-state index in [1.54, 1.807) is 0 Å². The van der Waals surface area contributed by atoms with E-state index in [1.165, 1.54) is 64.5 Å². The minimum absolute atomic E-state index is 0.631. The molecule has 1 saturated heterocycles. The van der Waals surface area contributed by atoms with Crippen molar-refractivity contribution in [1.82, 2.24) is 5.32 Å². The van der Waals surface area contributed by atoms with E-state index >= 15 is 0 Å². The van der Waals surface area contributed by atoms with E-state index in [2.05, 4.69) is 26.1 Å². The molecule has 0 radical (unpaired) electrons. The minimum Gasteiger partial charge on any atom is -0.317 e. The molecule has 1 nitrogen and oxygen atoms in total. The molecule has 1 heteroatoms. The summed E-state index contributed by atoms with van der Waals surface area (Å²) in [5.74, 6) is 0.977. The van der Waals surface area contributed by atoms with Crippen molar-refractivity contribution >= 4 is 0 Å². The van der Waals surface area contributed by atoms with Crippen LogP contribution in [-0.2, 0) is 0 Å². The van der Waals surface area contributed by atoms with Crippen LogP contribution < -0.4 is 5.32 Å². The monoisotopic (exact) mass is 225 g/mol. The molecule has 0 spiro atoms. The van der Waals surface area contributed by atoms with E-state index in [1.807, 2.05) is 0 Å². The molecule has 1 fully saturated rings. The number of hydrogen-bond acceptors (Lipinski definition) is 1.